The maximum absolute atomic E-state index is 13.4. The van der Waals surface area contributed by atoms with Crippen molar-refractivity contribution in [2.75, 3.05) is 19.0 Å². The lowest BCUT2D eigenvalue weighted by molar-refractivity contribution is -0.123. The van der Waals surface area contributed by atoms with E-state index < -0.39 is 6.09 Å². The van der Waals surface area contributed by atoms with Gasteiger partial charge in [0.1, 0.15) is 11.6 Å². The fourth-order valence-electron chi connectivity index (χ4n) is 1.95. The Kier molecular flexibility index (Phi) is 6.33. The molecule has 0 saturated carbocycles. The van der Waals surface area contributed by atoms with Crippen molar-refractivity contribution in [1.82, 2.24) is 5.32 Å². The normalized spacial score (nSPS) is 10.0. The van der Waals surface area contributed by atoms with Crippen LogP contribution in [0.15, 0.2) is 42.5 Å². The topological polar surface area (TPSA) is 76.7 Å². The van der Waals surface area contributed by atoms with Gasteiger partial charge in [0.25, 0.3) is 5.91 Å². The Hall–Kier alpha value is -3.09. The zero-order valence-electron chi connectivity index (χ0n) is 14.0. The van der Waals surface area contributed by atoms with E-state index in [-0.39, 0.29) is 24.9 Å². The molecule has 25 heavy (non-hydrogen) atoms. The second-order valence-corrected chi connectivity index (χ2v) is 5.29. The number of methoxy groups -OCH3 is 1. The minimum absolute atomic E-state index is 0.169. The first kappa shape index (κ1) is 18.3. The van der Waals surface area contributed by atoms with Gasteiger partial charge < -0.3 is 14.8 Å². The van der Waals surface area contributed by atoms with E-state index in [1.807, 2.05) is 0 Å². The molecule has 2 amide bonds. The standard InChI is InChI=1S/C18H19FN2O4/c1-12-3-4-13(9-16(12)19)10-20-17(22)11-25-15-7-5-14(6-8-15)21-18(23)24-2/h3-9H,10-11H2,1-2H3,(H,20,22)(H,21,23). The fraction of sp³-hybridized carbons (Fsp3) is 0.222. The summed E-state index contributed by atoms with van der Waals surface area (Å²) in [6.07, 6.45) is -0.569. The van der Waals surface area contributed by atoms with Crippen molar-refractivity contribution in [2.45, 2.75) is 13.5 Å². The molecule has 2 aromatic carbocycles. The molecule has 0 atom stereocenters. The first-order chi connectivity index (χ1) is 12.0. The van der Waals surface area contributed by atoms with Gasteiger partial charge in [0.2, 0.25) is 0 Å². The Labute approximate surface area is 144 Å². The minimum Gasteiger partial charge on any atom is -0.484 e. The van der Waals surface area contributed by atoms with Gasteiger partial charge in [-0.2, -0.15) is 0 Å². The predicted molar refractivity (Wildman–Crippen MR) is 90.9 cm³/mol. The first-order valence-corrected chi connectivity index (χ1v) is 7.57. The lowest BCUT2D eigenvalue weighted by atomic mass is 10.1. The van der Waals surface area contributed by atoms with Crippen molar-refractivity contribution < 1.29 is 23.5 Å². The summed E-state index contributed by atoms with van der Waals surface area (Å²) in [7, 11) is 1.27. The van der Waals surface area contributed by atoms with Crippen LogP contribution in [0.1, 0.15) is 11.1 Å². The van der Waals surface area contributed by atoms with Crippen LogP contribution in [0.25, 0.3) is 0 Å². The summed E-state index contributed by atoms with van der Waals surface area (Å²) in [5.74, 6) is -0.145. The molecule has 2 N–H and O–H groups in total. The molecule has 132 valence electrons. The number of hydrogen-bond donors (Lipinski definition) is 2. The number of rotatable bonds is 6. The SMILES string of the molecule is COC(=O)Nc1ccc(OCC(=O)NCc2ccc(C)c(F)c2)cc1. The predicted octanol–water partition coefficient (Wildman–Crippen LogP) is 3.01. The van der Waals surface area contributed by atoms with Gasteiger partial charge in [-0.15, -0.1) is 0 Å². The summed E-state index contributed by atoms with van der Waals surface area (Å²) in [4.78, 5) is 22.9. The monoisotopic (exact) mass is 346 g/mol. The molecule has 0 heterocycles. The van der Waals surface area contributed by atoms with Crippen LogP contribution in [0.5, 0.6) is 5.75 Å². The van der Waals surface area contributed by atoms with Gasteiger partial charge in [0.05, 0.1) is 7.11 Å². The molecule has 0 aromatic heterocycles. The molecule has 0 aliphatic heterocycles. The number of amides is 2. The summed E-state index contributed by atoms with van der Waals surface area (Å²) in [5, 5.41) is 5.16. The van der Waals surface area contributed by atoms with Gasteiger partial charge in [0.15, 0.2) is 6.61 Å². The maximum Gasteiger partial charge on any atom is 0.411 e. The van der Waals surface area contributed by atoms with E-state index >= 15 is 0 Å². The van der Waals surface area contributed by atoms with Crippen LogP contribution in [0, 0.1) is 12.7 Å². The third kappa shape index (κ3) is 5.80. The van der Waals surface area contributed by atoms with Crippen molar-refractivity contribution in [3.05, 3.63) is 59.4 Å². The van der Waals surface area contributed by atoms with Gasteiger partial charge in [-0.05, 0) is 48.4 Å². The Bertz CT molecular complexity index is 747. The van der Waals surface area contributed by atoms with Crippen molar-refractivity contribution >= 4 is 17.7 Å². The molecule has 0 aliphatic rings. The number of hydrogen-bond acceptors (Lipinski definition) is 4. The van der Waals surface area contributed by atoms with Crippen molar-refractivity contribution in [1.29, 1.82) is 0 Å². The molecule has 0 spiro atoms. The van der Waals surface area contributed by atoms with Crippen LogP contribution in [-0.4, -0.2) is 25.7 Å². The number of halogens is 1. The summed E-state index contributed by atoms with van der Waals surface area (Å²) >= 11 is 0. The molecular weight excluding hydrogens is 327 g/mol. The molecular formula is C18H19FN2O4. The molecule has 2 aromatic rings. The van der Waals surface area contributed by atoms with Crippen molar-refractivity contribution in [3.8, 4) is 5.75 Å². The van der Waals surface area contributed by atoms with E-state index in [1.165, 1.54) is 13.2 Å². The van der Waals surface area contributed by atoms with E-state index in [1.54, 1.807) is 43.3 Å². The van der Waals surface area contributed by atoms with Crippen LogP contribution in [0.2, 0.25) is 0 Å². The van der Waals surface area contributed by atoms with Crippen LogP contribution in [-0.2, 0) is 16.1 Å². The van der Waals surface area contributed by atoms with Crippen LogP contribution in [0.4, 0.5) is 14.9 Å². The maximum atomic E-state index is 13.4. The highest BCUT2D eigenvalue weighted by Gasteiger charge is 2.05. The molecule has 0 bridgehead atoms. The van der Waals surface area contributed by atoms with E-state index in [4.69, 9.17) is 4.74 Å². The van der Waals surface area contributed by atoms with Crippen LogP contribution in [0.3, 0.4) is 0 Å². The summed E-state index contributed by atoms with van der Waals surface area (Å²) in [6.45, 7) is 1.73. The smallest absolute Gasteiger partial charge is 0.411 e. The zero-order chi connectivity index (χ0) is 18.2. The molecule has 0 radical (unpaired) electrons. The summed E-state index contributed by atoms with van der Waals surface area (Å²) < 4.78 is 23.3. The highest BCUT2D eigenvalue weighted by molar-refractivity contribution is 5.84. The van der Waals surface area contributed by atoms with Crippen molar-refractivity contribution in [3.63, 3.8) is 0 Å². The van der Waals surface area contributed by atoms with Crippen LogP contribution < -0.4 is 15.4 Å². The van der Waals surface area contributed by atoms with E-state index in [9.17, 15) is 14.0 Å². The Balaban J connectivity index is 1.77. The number of anilines is 1. The fourth-order valence-corrected chi connectivity index (χ4v) is 1.95. The first-order valence-electron chi connectivity index (χ1n) is 7.57. The molecule has 6 nitrogen and oxygen atoms in total. The van der Waals surface area contributed by atoms with E-state index in [0.717, 1.165) is 0 Å². The highest BCUT2D eigenvalue weighted by atomic mass is 19.1. The van der Waals surface area contributed by atoms with Gasteiger partial charge in [-0.1, -0.05) is 12.1 Å². The van der Waals surface area contributed by atoms with Crippen LogP contribution >= 0.6 is 0 Å². The van der Waals surface area contributed by atoms with Gasteiger partial charge in [-0.3, -0.25) is 10.1 Å². The summed E-state index contributed by atoms with van der Waals surface area (Å²) in [6, 6.07) is 11.3. The number of carbonyl (C=O) groups excluding carboxylic acids is 2. The average molecular weight is 346 g/mol. The average Bonchev–Trinajstić information content (AvgIpc) is 2.62. The van der Waals surface area contributed by atoms with E-state index in [0.29, 0.717) is 22.6 Å². The molecule has 7 heteroatoms. The third-order valence-corrected chi connectivity index (χ3v) is 3.38. The van der Waals surface area contributed by atoms with Gasteiger partial charge in [-0.25, -0.2) is 9.18 Å². The number of benzene rings is 2. The molecule has 2 rings (SSSR count). The second kappa shape index (κ2) is 8.68. The van der Waals surface area contributed by atoms with Gasteiger partial charge in [0, 0.05) is 12.2 Å². The third-order valence-electron chi connectivity index (χ3n) is 3.38. The molecule has 0 unspecified atom stereocenters. The van der Waals surface area contributed by atoms with E-state index in [2.05, 4.69) is 15.4 Å². The largest absolute Gasteiger partial charge is 0.484 e. The lowest BCUT2D eigenvalue weighted by Crippen LogP contribution is -2.28. The Morgan fingerprint density at radius 1 is 1.12 bits per heavy atom. The molecule has 0 aliphatic carbocycles. The number of carbonyl (C=O) groups is 2. The summed E-state index contributed by atoms with van der Waals surface area (Å²) in [5.41, 5.74) is 1.78. The highest BCUT2D eigenvalue weighted by Crippen LogP contribution is 2.15. The lowest BCUT2D eigenvalue weighted by Gasteiger charge is -2.09. The Morgan fingerprint density at radius 3 is 2.48 bits per heavy atom. The zero-order valence-corrected chi connectivity index (χ0v) is 14.0. The number of aryl methyl sites for hydroxylation is 1. The number of nitrogens with one attached hydrogen (secondary N) is 2. The minimum atomic E-state index is -0.569. The molecule has 0 saturated heterocycles. The Morgan fingerprint density at radius 2 is 1.84 bits per heavy atom. The quantitative estimate of drug-likeness (QED) is 0.843. The second-order valence-electron chi connectivity index (χ2n) is 5.29. The number of ether oxygens (including phenoxy) is 2. The van der Waals surface area contributed by atoms with Gasteiger partial charge >= 0.3 is 6.09 Å². The van der Waals surface area contributed by atoms with Crippen molar-refractivity contribution in [2.24, 2.45) is 0 Å². The molecule has 0 fully saturated rings.